The molecule has 0 bridgehead atoms. The molecule has 1 amide bonds. The van der Waals surface area contributed by atoms with Gasteiger partial charge in [0.1, 0.15) is 6.54 Å². The topological polar surface area (TPSA) is 94.1 Å². The summed E-state index contributed by atoms with van der Waals surface area (Å²) >= 11 is 0. The number of rotatable bonds is 6. The molecule has 0 radical (unpaired) electrons. The van der Waals surface area contributed by atoms with E-state index < -0.39 is 15.5 Å². The van der Waals surface area contributed by atoms with Crippen LogP contribution in [-0.4, -0.2) is 81.3 Å². The summed E-state index contributed by atoms with van der Waals surface area (Å²) in [5.74, 6) is 0.399. The highest BCUT2D eigenvalue weighted by Crippen LogP contribution is 2.30. The van der Waals surface area contributed by atoms with Gasteiger partial charge in [0, 0.05) is 39.8 Å². The van der Waals surface area contributed by atoms with Crippen LogP contribution in [0.4, 0.5) is 13.2 Å². The number of hydrogen-bond donors (Lipinski definition) is 2. The van der Waals surface area contributed by atoms with Crippen molar-refractivity contribution in [1.82, 2.24) is 19.8 Å². The predicted octanol–water partition coefficient (Wildman–Crippen LogP) is 1.73. The second-order valence-corrected chi connectivity index (χ2v) is 9.68. The van der Waals surface area contributed by atoms with E-state index in [9.17, 15) is 26.4 Å². The summed E-state index contributed by atoms with van der Waals surface area (Å²) in [4.78, 5) is 17.6. The van der Waals surface area contributed by atoms with Crippen molar-refractivity contribution in [2.24, 2.45) is 10.9 Å². The first-order valence-corrected chi connectivity index (χ1v) is 11.3. The fraction of sp³-hybridized carbons (Fsp3) is 0.882. The Kier molecular flexibility index (Phi) is 10.6. The van der Waals surface area contributed by atoms with Gasteiger partial charge in [-0.3, -0.25) is 4.79 Å². The average molecular weight is 569 g/mol. The zero-order valence-corrected chi connectivity index (χ0v) is 20.4. The molecule has 13 heteroatoms. The Morgan fingerprint density at radius 2 is 1.70 bits per heavy atom. The zero-order valence-electron chi connectivity index (χ0n) is 17.2. The van der Waals surface area contributed by atoms with Crippen LogP contribution in [0.25, 0.3) is 0 Å². The van der Waals surface area contributed by atoms with Gasteiger partial charge in [0.2, 0.25) is 5.91 Å². The van der Waals surface area contributed by atoms with E-state index in [1.807, 2.05) is 0 Å². The van der Waals surface area contributed by atoms with Gasteiger partial charge in [-0.15, -0.1) is 24.0 Å². The van der Waals surface area contributed by atoms with Crippen molar-refractivity contribution < 1.29 is 26.4 Å². The standard InChI is InChI=1S/C17H30F3N5O3S.HI/c1-24(2)15(26)12-22-16(23-14-5-3-4-6-14)21-11-13-7-9-25(10-8-13)29(27,28)17(18,19)20;/h13-14H,3-12H2,1-2H3,(H2,21,22,23);1H. The van der Waals surface area contributed by atoms with Gasteiger partial charge in [0.15, 0.2) is 5.96 Å². The Balaban J connectivity index is 0.00000450. The molecule has 0 spiro atoms. The van der Waals surface area contributed by atoms with Crippen LogP contribution in [0.3, 0.4) is 0 Å². The highest BCUT2D eigenvalue weighted by molar-refractivity contribution is 14.0. The third-order valence-corrected chi connectivity index (χ3v) is 6.96. The Hall–Kier alpha value is -0.830. The number of guanidine groups is 1. The van der Waals surface area contributed by atoms with Gasteiger partial charge in [-0.1, -0.05) is 12.8 Å². The van der Waals surface area contributed by atoms with Crippen molar-refractivity contribution in [1.29, 1.82) is 0 Å². The number of piperidine rings is 1. The molecule has 0 unspecified atom stereocenters. The molecule has 2 N–H and O–H groups in total. The molecular formula is C17H31F3IN5O3S. The number of amides is 1. The Morgan fingerprint density at radius 1 is 1.13 bits per heavy atom. The van der Waals surface area contributed by atoms with Crippen molar-refractivity contribution in [2.45, 2.75) is 50.1 Å². The third kappa shape index (κ3) is 7.70. The molecule has 2 rings (SSSR count). The second-order valence-electron chi connectivity index (χ2n) is 7.75. The van der Waals surface area contributed by atoms with E-state index in [4.69, 9.17) is 0 Å². The summed E-state index contributed by atoms with van der Waals surface area (Å²) in [5.41, 5.74) is -5.26. The van der Waals surface area contributed by atoms with E-state index in [2.05, 4.69) is 15.6 Å². The molecule has 2 fully saturated rings. The lowest BCUT2D eigenvalue weighted by atomic mass is 9.98. The van der Waals surface area contributed by atoms with Gasteiger partial charge in [-0.2, -0.15) is 17.5 Å². The SMILES string of the molecule is CN(C)C(=O)CN=C(NCC1CCN(S(=O)(=O)C(F)(F)F)CC1)NC1CCCC1.I. The van der Waals surface area contributed by atoms with Crippen molar-refractivity contribution in [3.63, 3.8) is 0 Å². The first kappa shape index (κ1) is 27.2. The molecule has 0 aromatic carbocycles. The molecule has 8 nitrogen and oxygen atoms in total. The van der Waals surface area contributed by atoms with Crippen LogP contribution in [0.1, 0.15) is 38.5 Å². The van der Waals surface area contributed by atoms with Crippen molar-refractivity contribution in [3.05, 3.63) is 0 Å². The zero-order chi connectivity index (χ0) is 21.7. The minimum absolute atomic E-state index is 0. The smallest absolute Gasteiger partial charge is 0.356 e. The molecule has 1 aliphatic carbocycles. The number of carbonyl (C=O) groups is 1. The van der Waals surface area contributed by atoms with Crippen LogP contribution in [0, 0.1) is 5.92 Å². The highest BCUT2D eigenvalue weighted by atomic mass is 127. The number of carbonyl (C=O) groups excluding carboxylic acids is 1. The summed E-state index contributed by atoms with van der Waals surface area (Å²) < 4.78 is 61.5. The fourth-order valence-corrected chi connectivity index (χ4v) is 4.43. The number of aliphatic imine (C=N–C) groups is 1. The first-order valence-electron chi connectivity index (χ1n) is 9.82. The maximum atomic E-state index is 12.7. The van der Waals surface area contributed by atoms with Gasteiger partial charge in [-0.25, -0.2) is 13.4 Å². The van der Waals surface area contributed by atoms with Crippen LogP contribution in [0.5, 0.6) is 0 Å². The van der Waals surface area contributed by atoms with Gasteiger partial charge in [0.25, 0.3) is 0 Å². The largest absolute Gasteiger partial charge is 0.511 e. The molecule has 0 aromatic rings. The molecule has 1 saturated heterocycles. The first-order chi connectivity index (χ1) is 13.5. The second kappa shape index (κ2) is 11.7. The van der Waals surface area contributed by atoms with Crippen LogP contribution < -0.4 is 10.6 Å². The van der Waals surface area contributed by atoms with E-state index in [1.165, 1.54) is 4.90 Å². The maximum Gasteiger partial charge on any atom is 0.511 e. The number of sulfonamides is 1. The number of alkyl halides is 3. The van der Waals surface area contributed by atoms with Crippen molar-refractivity contribution >= 4 is 45.9 Å². The van der Waals surface area contributed by atoms with Crippen molar-refractivity contribution in [3.8, 4) is 0 Å². The molecule has 0 atom stereocenters. The number of hydrogen-bond acceptors (Lipinski definition) is 4. The van der Waals surface area contributed by atoms with Gasteiger partial charge >= 0.3 is 15.5 Å². The van der Waals surface area contributed by atoms with E-state index >= 15 is 0 Å². The van der Waals surface area contributed by atoms with E-state index in [0.29, 0.717) is 29.7 Å². The van der Waals surface area contributed by atoms with Gasteiger partial charge < -0.3 is 15.5 Å². The Bertz CT molecular complexity index is 689. The van der Waals surface area contributed by atoms with Crippen LogP contribution in [-0.2, 0) is 14.8 Å². The van der Waals surface area contributed by atoms with Gasteiger partial charge in [0.05, 0.1) is 0 Å². The molecule has 0 aromatic heterocycles. The maximum absolute atomic E-state index is 12.7. The minimum Gasteiger partial charge on any atom is -0.356 e. The van der Waals surface area contributed by atoms with E-state index in [0.717, 1.165) is 25.7 Å². The Morgan fingerprint density at radius 3 is 2.20 bits per heavy atom. The summed E-state index contributed by atoms with van der Waals surface area (Å²) in [6.07, 6.45) is 4.97. The van der Waals surface area contributed by atoms with E-state index in [-0.39, 0.29) is 61.5 Å². The quantitative estimate of drug-likeness (QED) is 0.289. The molecule has 2 aliphatic rings. The minimum atomic E-state index is -5.26. The summed E-state index contributed by atoms with van der Waals surface area (Å²) in [6.45, 7) is 0.137. The van der Waals surface area contributed by atoms with Crippen LogP contribution in [0.2, 0.25) is 0 Å². The molecule has 30 heavy (non-hydrogen) atoms. The normalized spacial score (nSPS) is 20.0. The van der Waals surface area contributed by atoms with Crippen molar-refractivity contribution in [2.75, 3.05) is 40.3 Å². The average Bonchev–Trinajstić information content (AvgIpc) is 3.16. The predicted molar refractivity (Wildman–Crippen MR) is 119 cm³/mol. The lowest BCUT2D eigenvalue weighted by Gasteiger charge is -2.32. The fourth-order valence-electron chi connectivity index (χ4n) is 3.45. The third-order valence-electron chi connectivity index (χ3n) is 5.33. The van der Waals surface area contributed by atoms with Gasteiger partial charge in [-0.05, 0) is 31.6 Å². The van der Waals surface area contributed by atoms with Crippen LogP contribution >= 0.6 is 24.0 Å². The number of nitrogens with zero attached hydrogens (tertiary/aromatic N) is 3. The number of likely N-dealkylation sites (N-methyl/N-ethyl adjacent to an activating group) is 1. The summed E-state index contributed by atoms with van der Waals surface area (Å²) in [7, 11) is -1.96. The molecule has 1 saturated carbocycles. The highest BCUT2D eigenvalue weighted by Gasteiger charge is 2.50. The van der Waals surface area contributed by atoms with Crippen LogP contribution in [0.15, 0.2) is 4.99 Å². The molecule has 176 valence electrons. The monoisotopic (exact) mass is 569 g/mol. The molecular weight excluding hydrogens is 538 g/mol. The summed E-state index contributed by atoms with van der Waals surface area (Å²) in [5, 5.41) is 6.49. The molecule has 1 heterocycles. The lowest BCUT2D eigenvalue weighted by Crippen LogP contribution is -2.48. The lowest BCUT2D eigenvalue weighted by molar-refractivity contribution is -0.127. The number of nitrogens with one attached hydrogen (secondary N) is 2. The van der Waals surface area contributed by atoms with E-state index in [1.54, 1.807) is 14.1 Å². The summed E-state index contributed by atoms with van der Waals surface area (Å²) in [6, 6.07) is 0.287. The molecule has 1 aliphatic heterocycles. The Labute approximate surface area is 193 Å². The number of halogens is 4.